The van der Waals surface area contributed by atoms with Crippen molar-refractivity contribution in [2.45, 2.75) is 13.5 Å². The van der Waals surface area contributed by atoms with Crippen LogP contribution in [0.4, 0.5) is 11.6 Å². The molecular formula is C24H27N5O2. The molecule has 31 heavy (non-hydrogen) atoms. The number of nitrogens with zero attached hydrogens (tertiary/aromatic N) is 4. The van der Waals surface area contributed by atoms with Crippen LogP contribution in [0.3, 0.4) is 0 Å². The number of nitrogens with one attached hydrogen (secondary N) is 1. The van der Waals surface area contributed by atoms with Crippen molar-refractivity contribution in [1.82, 2.24) is 14.9 Å². The summed E-state index contributed by atoms with van der Waals surface area (Å²) in [6.07, 6.45) is 1.63. The highest BCUT2D eigenvalue weighted by Gasteiger charge is 2.24. The van der Waals surface area contributed by atoms with Gasteiger partial charge >= 0.3 is 0 Å². The van der Waals surface area contributed by atoms with Crippen molar-refractivity contribution in [3.05, 3.63) is 77.6 Å². The normalized spacial score (nSPS) is 13.7. The summed E-state index contributed by atoms with van der Waals surface area (Å²) >= 11 is 0. The SMILES string of the molecule is COc1ccc(CNc2ncc(C(=O)N3CCN(c4ccccc4)CC3)c(C)n2)cc1. The first-order chi connectivity index (χ1) is 15.1. The Hall–Kier alpha value is -3.61. The van der Waals surface area contributed by atoms with Crippen LogP contribution in [0.5, 0.6) is 5.75 Å². The smallest absolute Gasteiger partial charge is 0.257 e. The molecule has 0 radical (unpaired) electrons. The molecule has 1 aliphatic rings. The van der Waals surface area contributed by atoms with Crippen LogP contribution >= 0.6 is 0 Å². The van der Waals surface area contributed by atoms with Crippen LogP contribution < -0.4 is 15.0 Å². The number of rotatable bonds is 6. The molecule has 0 bridgehead atoms. The number of aryl methyl sites for hydroxylation is 1. The van der Waals surface area contributed by atoms with E-state index in [2.05, 4.69) is 32.3 Å². The summed E-state index contributed by atoms with van der Waals surface area (Å²) in [5.74, 6) is 1.33. The van der Waals surface area contributed by atoms with Crippen LogP contribution in [-0.4, -0.2) is 54.1 Å². The predicted molar refractivity (Wildman–Crippen MR) is 122 cm³/mol. The van der Waals surface area contributed by atoms with Gasteiger partial charge in [-0.2, -0.15) is 0 Å². The highest BCUT2D eigenvalue weighted by Crippen LogP contribution is 2.18. The molecule has 1 N–H and O–H groups in total. The number of anilines is 2. The van der Waals surface area contributed by atoms with Gasteiger partial charge in [0.25, 0.3) is 5.91 Å². The Bertz CT molecular complexity index is 1020. The second-order valence-corrected chi connectivity index (χ2v) is 7.51. The fraction of sp³-hybridized carbons (Fsp3) is 0.292. The number of carbonyl (C=O) groups is 1. The molecule has 2 aromatic carbocycles. The number of methoxy groups -OCH3 is 1. The lowest BCUT2D eigenvalue weighted by Gasteiger charge is -2.36. The number of para-hydroxylation sites is 1. The number of piperazine rings is 1. The third-order valence-corrected chi connectivity index (χ3v) is 5.51. The quantitative estimate of drug-likeness (QED) is 0.663. The summed E-state index contributed by atoms with van der Waals surface area (Å²) in [7, 11) is 1.65. The average molecular weight is 418 g/mol. The van der Waals surface area contributed by atoms with E-state index in [9.17, 15) is 4.79 Å². The molecule has 1 saturated heterocycles. The largest absolute Gasteiger partial charge is 0.497 e. The minimum atomic E-state index is -0.00749. The van der Waals surface area contributed by atoms with Crippen molar-refractivity contribution in [3.8, 4) is 5.75 Å². The first kappa shape index (κ1) is 20.7. The molecule has 0 saturated carbocycles. The number of carbonyl (C=O) groups excluding carboxylic acids is 1. The molecule has 0 unspecified atom stereocenters. The van der Waals surface area contributed by atoms with Gasteiger partial charge in [-0.1, -0.05) is 30.3 Å². The Morgan fingerprint density at radius 3 is 2.39 bits per heavy atom. The summed E-state index contributed by atoms with van der Waals surface area (Å²) in [5.41, 5.74) is 3.53. The Morgan fingerprint density at radius 2 is 1.74 bits per heavy atom. The third-order valence-electron chi connectivity index (χ3n) is 5.51. The molecule has 0 aliphatic carbocycles. The van der Waals surface area contributed by atoms with Gasteiger partial charge in [0.1, 0.15) is 5.75 Å². The molecule has 160 valence electrons. The molecule has 7 nitrogen and oxygen atoms in total. The summed E-state index contributed by atoms with van der Waals surface area (Å²) in [4.78, 5) is 26.1. The molecular weight excluding hydrogens is 390 g/mol. The van der Waals surface area contributed by atoms with Crippen molar-refractivity contribution in [1.29, 1.82) is 0 Å². The van der Waals surface area contributed by atoms with Gasteiger partial charge in [-0.3, -0.25) is 4.79 Å². The second-order valence-electron chi connectivity index (χ2n) is 7.51. The van der Waals surface area contributed by atoms with Gasteiger partial charge < -0.3 is 19.9 Å². The fourth-order valence-corrected chi connectivity index (χ4v) is 3.66. The highest BCUT2D eigenvalue weighted by molar-refractivity contribution is 5.95. The van der Waals surface area contributed by atoms with Crippen LogP contribution in [0.2, 0.25) is 0 Å². The maximum absolute atomic E-state index is 13.0. The first-order valence-electron chi connectivity index (χ1n) is 10.4. The van der Waals surface area contributed by atoms with Gasteiger partial charge in [0, 0.05) is 44.6 Å². The van der Waals surface area contributed by atoms with Crippen LogP contribution in [0.15, 0.2) is 60.8 Å². The van der Waals surface area contributed by atoms with Crippen LogP contribution in [0, 0.1) is 6.92 Å². The number of hydrogen-bond acceptors (Lipinski definition) is 6. The summed E-state index contributed by atoms with van der Waals surface area (Å²) in [5, 5.41) is 3.21. The van der Waals surface area contributed by atoms with E-state index in [0.29, 0.717) is 36.8 Å². The van der Waals surface area contributed by atoms with E-state index >= 15 is 0 Å². The number of ether oxygens (including phenoxy) is 1. The number of hydrogen-bond donors (Lipinski definition) is 1. The first-order valence-corrected chi connectivity index (χ1v) is 10.4. The molecule has 0 atom stereocenters. The van der Waals surface area contributed by atoms with E-state index < -0.39 is 0 Å². The van der Waals surface area contributed by atoms with Gasteiger partial charge in [0.15, 0.2) is 0 Å². The maximum Gasteiger partial charge on any atom is 0.257 e. The molecule has 2 heterocycles. The third kappa shape index (κ3) is 4.94. The van der Waals surface area contributed by atoms with E-state index in [0.717, 1.165) is 24.4 Å². The monoisotopic (exact) mass is 417 g/mol. The zero-order chi connectivity index (χ0) is 21.6. The van der Waals surface area contributed by atoms with E-state index in [4.69, 9.17) is 4.74 Å². The molecule has 1 aliphatic heterocycles. The zero-order valence-electron chi connectivity index (χ0n) is 17.9. The number of aromatic nitrogens is 2. The second kappa shape index (κ2) is 9.47. The summed E-state index contributed by atoms with van der Waals surface area (Å²) < 4.78 is 5.18. The van der Waals surface area contributed by atoms with Gasteiger partial charge in [-0.25, -0.2) is 9.97 Å². The number of benzene rings is 2. The summed E-state index contributed by atoms with van der Waals surface area (Å²) in [6.45, 7) is 5.45. The maximum atomic E-state index is 13.0. The molecule has 1 amide bonds. The van der Waals surface area contributed by atoms with Gasteiger partial charge in [0.05, 0.1) is 18.4 Å². The van der Waals surface area contributed by atoms with Gasteiger partial charge in [-0.15, -0.1) is 0 Å². The molecule has 1 fully saturated rings. The molecule has 1 aromatic heterocycles. The van der Waals surface area contributed by atoms with E-state index in [1.807, 2.05) is 54.3 Å². The lowest BCUT2D eigenvalue weighted by molar-refractivity contribution is 0.0745. The van der Waals surface area contributed by atoms with Crippen molar-refractivity contribution in [2.75, 3.05) is 43.5 Å². The van der Waals surface area contributed by atoms with Crippen LogP contribution in [0.1, 0.15) is 21.6 Å². The fourth-order valence-electron chi connectivity index (χ4n) is 3.66. The number of amides is 1. The minimum Gasteiger partial charge on any atom is -0.497 e. The lowest BCUT2D eigenvalue weighted by atomic mass is 10.2. The van der Waals surface area contributed by atoms with Crippen molar-refractivity contribution < 1.29 is 9.53 Å². The van der Waals surface area contributed by atoms with Crippen molar-refractivity contribution in [2.24, 2.45) is 0 Å². The zero-order valence-corrected chi connectivity index (χ0v) is 17.9. The Balaban J connectivity index is 1.34. The van der Waals surface area contributed by atoms with E-state index in [1.165, 1.54) is 5.69 Å². The van der Waals surface area contributed by atoms with Crippen molar-refractivity contribution >= 4 is 17.5 Å². The molecule has 0 spiro atoms. The molecule has 4 rings (SSSR count). The molecule has 7 heteroatoms. The Morgan fingerprint density at radius 1 is 1.03 bits per heavy atom. The van der Waals surface area contributed by atoms with Gasteiger partial charge in [0.2, 0.25) is 5.95 Å². The standard InChI is InChI=1S/C24H27N5O2/c1-18-22(17-26-24(27-18)25-16-19-8-10-21(31-2)11-9-19)23(30)29-14-12-28(13-15-29)20-6-4-3-5-7-20/h3-11,17H,12-16H2,1-2H3,(H,25,26,27). The highest BCUT2D eigenvalue weighted by atomic mass is 16.5. The van der Waals surface area contributed by atoms with Gasteiger partial charge in [-0.05, 0) is 36.8 Å². The van der Waals surface area contributed by atoms with Crippen LogP contribution in [-0.2, 0) is 6.54 Å². The molecule has 3 aromatic rings. The Labute approximate surface area is 182 Å². The predicted octanol–water partition coefficient (Wildman–Crippen LogP) is 3.37. The van der Waals surface area contributed by atoms with Crippen LogP contribution in [0.25, 0.3) is 0 Å². The van der Waals surface area contributed by atoms with E-state index in [-0.39, 0.29) is 5.91 Å². The lowest BCUT2D eigenvalue weighted by Crippen LogP contribution is -2.49. The average Bonchev–Trinajstić information content (AvgIpc) is 2.83. The van der Waals surface area contributed by atoms with Crippen molar-refractivity contribution in [3.63, 3.8) is 0 Å². The Kier molecular flexibility index (Phi) is 6.31. The topological polar surface area (TPSA) is 70.6 Å². The minimum absolute atomic E-state index is 0.00749. The summed E-state index contributed by atoms with van der Waals surface area (Å²) in [6, 6.07) is 18.1. The van der Waals surface area contributed by atoms with E-state index in [1.54, 1.807) is 13.3 Å².